The van der Waals surface area contributed by atoms with Crippen molar-refractivity contribution in [3.05, 3.63) is 40.6 Å². The van der Waals surface area contributed by atoms with E-state index in [2.05, 4.69) is 30.8 Å². The topological polar surface area (TPSA) is 47.5 Å². The van der Waals surface area contributed by atoms with Gasteiger partial charge in [0.2, 0.25) is 5.95 Å². The van der Waals surface area contributed by atoms with Crippen molar-refractivity contribution < 1.29 is 18.3 Å². The second-order valence-electron chi connectivity index (χ2n) is 7.75. The predicted octanol–water partition coefficient (Wildman–Crippen LogP) is 4.85. The summed E-state index contributed by atoms with van der Waals surface area (Å²) >= 11 is 2.87. The van der Waals surface area contributed by atoms with E-state index in [1.807, 2.05) is 0 Å². The Kier molecular flexibility index (Phi) is 6.18. The maximum absolute atomic E-state index is 13.5. The summed E-state index contributed by atoms with van der Waals surface area (Å²) in [6.45, 7) is 2.42. The van der Waals surface area contributed by atoms with Gasteiger partial charge in [-0.05, 0) is 59.4 Å². The van der Waals surface area contributed by atoms with Gasteiger partial charge in [-0.2, -0.15) is 0 Å². The molecule has 0 N–H and O–H groups in total. The fraction of sp³-hybridized carbons (Fsp3) is 0.524. The molecule has 4 rings (SSSR count). The predicted molar refractivity (Wildman–Crippen MR) is 109 cm³/mol. The molecule has 2 unspecified atom stereocenters. The maximum atomic E-state index is 13.5. The normalized spacial score (nSPS) is 21.9. The highest BCUT2D eigenvalue weighted by atomic mass is 79.9. The fourth-order valence-electron chi connectivity index (χ4n) is 4.23. The molecule has 2 atom stereocenters. The van der Waals surface area contributed by atoms with Crippen molar-refractivity contribution in [2.75, 3.05) is 31.7 Å². The minimum Gasteiger partial charge on any atom is -0.494 e. The van der Waals surface area contributed by atoms with Crippen LogP contribution in [0.25, 0.3) is 0 Å². The summed E-state index contributed by atoms with van der Waals surface area (Å²) in [4.78, 5) is 11.0. The van der Waals surface area contributed by atoms with Crippen LogP contribution in [0.15, 0.2) is 29.0 Å². The van der Waals surface area contributed by atoms with Crippen molar-refractivity contribution in [2.45, 2.75) is 25.7 Å². The van der Waals surface area contributed by atoms with E-state index in [1.165, 1.54) is 18.6 Å². The summed E-state index contributed by atoms with van der Waals surface area (Å²) in [5.41, 5.74) is 0. The van der Waals surface area contributed by atoms with Crippen LogP contribution in [0, 0.1) is 29.4 Å². The first-order chi connectivity index (χ1) is 14.0. The molecule has 0 radical (unpaired) electrons. The Bertz CT molecular complexity index is 821. The molecule has 1 aromatic heterocycles. The molecule has 2 aliphatic rings. The number of aromatic nitrogens is 2. The van der Waals surface area contributed by atoms with Gasteiger partial charge in [0.15, 0.2) is 5.75 Å². The average Bonchev–Trinajstić information content (AvgIpc) is 3.52. The van der Waals surface area contributed by atoms with Gasteiger partial charge >= 0.3 is 0 Å². The third-order valence-corrected chi connectivity index (χ3v) is 6.73. The van der Waals surface area contributed by atoms with Gasteiger partial charge < -0.3 is 14.4 Å². The number of anilines is 1. The Balaban J connectivity index is 1.19. The Hall–Kier alpha value is -1.96. The van der Waals surface area contributed by atoms with Crippen LogP contribution in [0.5, 0.6) is 11.5 Å². The average molecular weight is 468 g/mol. The van der Waals surface area contributed by atoms with Crippen molar-refractivity contribution in [3.8, 4) is 11.5 Å². The highest BCUT2D eigenvalue weighted by molar-refractivity contribution is 9.10. The molecule has 1 saturated heterocycles. The minimum atomic E-state index is -0.642. The summed E-state index contributed by atoms with van der Waals surface area (Å²) in [5.74, 6) is 2.49. The Morgan fingerprint density at radius 3 is 2.38 bits per heavy atom. The Morgan fingerprint density at radius 2 is 1.76 bits per heavy atom. The molecule has 2 heterocycles. The first-order valence-corrected chi connectivity index (χ1v) is 10.7. The summed E-state index contributed by atoms with van der Waals surface area (Å²) < 4.78 is 37.6. The smallest absolute Gasteiger partial charge is 0.225 e. The largest absolute Gasteiger partial charge is 0.494 e. The number of piperidine rings is 1. The summed E-state index contributed by atoms with van der Waals surface area (Å²) in [6.07, 6.45) is 7.83. The van der Waals surface area contributed by atoms with E-state index < -0.39 is 11.6 Å². The molecule has 1 aliphatic carbocycles. The van der Waals surface area contributed by atoms with Gasteiger partial charge in [-0.15, -0.1) is 0 Å². The van der Waals surface area contributed by atoms with Crippen LogP contribution in [0.3, 0.4) is 0 Å². The third-order valence-electron chi connectivity index (χ3n) is 5.97. The summed E-state index contributed by atoms with van der Waals surface area (Å²) in [5, 5.41) is 0. The Labute approximate surface area is 177 Å². The SMILES string of the molecule is COc1cnc(N2CCC(C3CC3CCOc3cc(F)c(Br)c(F)c3)CC2)nc1. The number of nitrogens with zero attached hydrogens (tertiary/aromatic N) is 3. The molecule has 8 heteroatoms. The number of rotatable bonds is 7. The molecule has 29 heavy (non-hydrogen) atoms. The summed E-state index contributed by atoms with van der Waals surface area (Å²) in [6, 6.07) is 2.43. The van der Waals surface area contributed by atoms with E-state index in [4.69, 9.17) is 9.47 Å². The summed E-state index contributed by atoms with van der Waals surface area (Å²) in [7, 11) is 1.61. The van der Waals surface area contributed by atoms with Gasteiger partial charge in [-0.25, -0.2) is 18.7 Å². The third kappa shape index (κ3) is 4.79. The lowest BCUT2D eigenvalue weighted by Crippen LogP contribution is -2.35. The molecule has 1 aromatic carbocycles. The van der Waals surface area contributed by atoms with Crippen LogP contribution in [-0.4, -0.2) is 36.8 Å². The van der Waals surface area contributed by atoms with Gasteiger partial charge in [0.25, 0.3) is 0 Å². The van der Waals surface area contributed by atoms with E-state index in [1.54, 1.807) is 19.5 Å². The van der Waals surface area contributed by atoms with E-state index in [-0.39, 0.29) is 10.2 Å². The van der Waals surface area contributed by atoms with E-state index in [0.29, 0.717) is 18.3 Å². The lowest BCUT2D eigenvalue weighted by atomic mass is 9.90. The molecule has 5 nitrogen and oxygen atoms in total. The molecule has 0 amide bonds. The number of hydrogen-bond acceptors (Lipinski definition) is 5. The zero-order valence-corrected chi connectivity index (χ0v) is 17.9. The van der Waals surface area contributed by atoms with Crippen molar-refractivity contribution in [1.29, 1.82) is 0 Å². The number of halogens is 3. The van der Waals surface area contributed by atoms with Crippen LogP contribution in [-0.2, 0) is 0 Å². The van der Waals surface area contributed by atoms with Crippen molar-refractivity contribution in [1.82, 2.24) is 9.97 Å². The van der Waals surface area contributed by atoms with Crippen molar-refractivity contribution in [3.63, 3.8) is 0 Å². The molecule has 0 bridgehead atoms. The molecule has 1 saturated carbocycles. The first-order valence-electron chi connectivity index (χ1n) is 9.93. The van der Waals surface area contributed by atoms with Crippen molar-refractivity contribution in [2.24, 2.45) is 17.8 Å². The standard InChI is InChI=1S/C21H24BrF2N3O2/c1-28-16-11-25-21(26-12-16)27-5-2-13(3-6-27)17-8-14(17)4-7-29-15-9-18(23)20(22)19(24)10-15/h9-14,17H,2-8H2,1H3. The van der Waals surface area contributed by atoms with Crippen LogP contribution in [0.1, 0.15) is 25.7 Å². The van der Waals surface area contributed by atoms with Gasteiger partial charge in [0, 0.05) is 25.2 Å². The van der Waals surface area contributed by atoms with E-state index in [9.17, 15) is 8.78 Å². The van der Waals surface area contributed by atoms with E-state index >= 15 is 0 Å². The quantitative estimate of drug-likeness (QED) is 0.544. The lowest BCUT2D eigenvalue weighted by molar-refractivity contribution is 0.282. The second kappa shape index (κ2) is 8.81. The molecule has 156 valence electrons. The molecular formula is C21H24BrF2N3O2. The maximum Gasteiger partial charge on any atom is 0.225 e. The number of methoxy groups -OCH3 is 1. The van der Waals surface area contributed by atoms with Gasteiger partial charge in [0.1, 0.15) is 17.4 Å². The highest BCUT2D eigenvalue weighted by Gasteiger charge is 2.43. The monoisotopic (exact) mass is 467 g/mol. The number of ether oxygens (including phenoxy) is 2. The van der Waals surface area contributed by atoms with Crippen LogP contribution < -0.4 is 14.4 Å². The Morgan fingerprint density at radius 1 is 1.10 bits per heavy atom. The van der Waals surface area contributed by atoms with E-state index in [0.717, 1.165) is 50.1 Å². The van der Waals surface area contributed by atoms with Crippen LogP contribution in [0.2, 0.25) is 0 Å². The lowest BCUT2D eigenvalue weighted by Gasteiger charge is -2.32. The zero-order chi connectivity index (χ0) is 20.4. The first kappa shape index (κ1) is 20.3. The minimum absolute atomic E-state index is 0.154. The highest BCUT2D eigenvalue weighted by Crippen LogP contribution is 2.49. The molecule has 2 fully saturated rings. The van der Waals surface area contributed by atoms with Gasteiger partial charge in [-0.1, -0.05) is 0 Å². The molecule has 2 aromatic rings. The van der Waals surface area contributed by atoms with Gasteiger partial charge in [0.05, 0.1) is 30.6 Å². The number of benzene rings is 1. The van der Waals surface area contributed by atoms with Gasteiger partial charge in [-0.3, -0.25) is 0 Å². The van der Waals surface area contributed by atoms with Crippen LogP contribution >= 0.6 is 15.9 Å². The fourth-order valence-corrected chi connectivity index (χ4v) is 4.46. The van der Waals surface area contributed by atoms with Crippen molar-refractivity contribution >= 4 is 21.9 Å². The zero-order valence-electron chi connectivity index (χ0n) is 16.3. The second-order valence-corrected chi connectivity index (χ2v) is 8.54. The molecular weight excluding hydrogens is 444 g/mol. The number of hydrogen-bond donors (Lipinski definition) is 0. The van der Waals surface area contributed by atoms with Crippen LogP contribution in [0.4, 0.5) is 14.7 Å². The molecule has 0 spiro atoms. The molecule has 1 aliphatic heterocycles.